The van der Waals surface area contributed by atoms with Gasteiger partial charge in [-0.05, 0) is 37.2 Å². The Morgan fingerprint density at radius 3 is 2.70 bits per heavy atom. The van der Waals surface area contributed by atoms with E-state index in [0.29, 0.717) is 18.5 Å². The van der Waals surface area contributed by atoms with E-state index in [4.69, 9.17) is 4.74 Å². The number of amides is 2. The summed E-state index contributed by atoms with van der Waals surface area (Å²) in [5, 5.41) is 10.7. The van der Waals surface area contributed by atoms with Crippen LogP contribution in [0.15, 0.2) is 18.2 Å². The molecule has 2 aliphatic rings. The number of rotatable bonds is 6. The molecule has 2 aromatic rings. The molecule has 1 aromatic heterocycles. The summed E-state index contributed by atoms with van der Waals surface area (Å²) < 4.78 is 21.8. The lowest BCUT2D eigenvalue weighted by Crippen LogP contribution is -2.54. The van der Waals surface area contributed by atoms with Crippen molar-refractivity contribution in [3.05, 3.63) is 29.7 Å². The molecule has 1 saturated heterocycles. The van der Waals surface area contributed by atoms with Gasteiger partial charge in [0.15, 0.2) is 5.69 Å². The molecule has 1 aromatic carbocycles. The molecule has 2 N–H and O–H groups in total. The van der Waals surface area contributed by atoms with E-state index in [1.54, 1.807) is 12.1 Å². The molecule has 4 rings (SSSR count). The summed E-state index contributed by atoms with van der Waals surface area (Å²) in [6.07, 6.45) is 3.73. The summed E-state index contributed by atoms with van der Waals surface area (Å²) in [5.74, 6) is -1.12. The van der Waals surface area contributed by atoms with Crippen molar-refractivity contribution in [3.63, 3.8) is 0 Å². The molecular formula is C22H29FN4O3. The molecule has 1 aliphatic carbocycles. The number of benzene rings is 1. The molecule has 0 spiro atoms. The van der Waals surface area contributed by atoms with E-state index in [2.05, 4.69) is 15.7 Å². The molecule has 30 heavy (non-hydrogen) atoms. The third-order valence-corrected chi connectivity index (χ3v) is 5.66. The summed E-state index contributed by atoms with van der Waals surface area (Å²) in [6.45, 7) is 6.77. The number of para-hydroxylation sites is 1. The Hall–Kier alpha value is -2.48. The third-order valence-electron chi connectivity index (χ3n) is 5.66. The zero-order valence-electron chi connectivity index (χ0n) is 17.7. The number of ether oxygens (including phenoxy) is 1. The van der Waals surface area contributed by atoms with Gasteiger partial charge in [0.25, 0.3) is 5.91 Å². The molecule has 2 fully saturated rings. The molecule has 8 heteroatoms. The van der Waals surface area contributed by atoms with Gasteiger partial charge in [-0.25, -0.2) is 4.39 Å². The van der Waals surface area contributed by atoms with Gasteiger partial charge in [-0.1, -0.05) is 32.9 Å². The van der Waals surface area contributed by atoms with Crippen LogP contribution in [0, 0.1) is 11.2 Å². The van der Waals surface area contributed by atoms with E-state index in [9.17, 15) is 14.0 Å². The quantitative estimate of drug-likeness (QED) is 0.758. The summed E-state index contributed by atoms with van der Waals surface area (Å²) >= 11 is 0. The number of halogens is 1. The van der Waals surface area contributed by atoms with Crippen LogP contribution in [0.4, 0.5) is 4.39 Å². The third kappa shape index (κ3) is 4.33. The Labute approximate surface area is 175 Å². The van der Waals surface area contributed by atoms with Crippen molar-refractivity contribution in [1.29, 1.82) is 0 Å². The Morgan fingerprint density at radius 1 is 1.30 bits per heavy atom. The van der Waals surface area contributed by atoms with Crippen LogP contribution in [0.1, 0.15) is 56.9 Å². The first-order chi connectivity index (χ1) is 14.2. The zero-order valence-corrected chi connectivity index (χ0v) is 17.7. The second-order valence-electron chi connectivity index (χ2n) is 9.36. The van der Waals surface area contributed by atoms with E-state index in [0.717, 1.165) is 25.7 Å². The number of aromatic nitrogens is 2. The Morgan fingerprint density at radius 2 is 2.07 bits per heavy atom. The monoisotopic (exact) mass is 416 g/mol. The molecule has 7 nitrogen and oxygen atoms in total. The van der Waals surface area contributed by atoms with E-state index in [1.165, 1.54) is 10.7 Å². The largest absolute Gasteiger partial charge is 0.376 e. The van der Waals surface area contributed by atoms with Gasteiger partial charge in [0.05, 0.1) is 12.6 Å². The van der Waals surface area contributed by atoms with E-state index >= 15 is 0 Å². The summed E-state index contributed by atoms with van der Waals surface area (Å²) in [4.78, 5) is 25.9. The highest BCUT2D eigenvalue weighted by Gasteiger charge is 2.36. The van der Waals surface area contributed by atoms with Crippen molar-refractivity contribution < 1.29 is 18.7 Å². The number of fused-ring (bicyclic) bond motifs is 1. The average Bonchev–Trinajstić information content (AvgIpc) is 3.19. The number of hydrogen-bond donors (Lipinski definition) is 2. The van der Waals surface area contributed by atoms with Crippen molar-refractivity contribution in [3.8, 4) is 0 Å². The minimum absolute atomic E-state index is 0.0461. The van der Waals surface area contributed by atoms with Gasteiger partial charge >= 0.3 is 0 Å². The fourth-order valence-corrected chi connectivity index (χ4v) is 3.86. The van der Waals surface area contributed by atoms with Gasteiger partial charge in [0, 0.05) is 18.0 Å². The number of hydrogen-bond acceptors (Lipinski definition) is 4. The molecule has 1 aliphatic heterocycles. The average molecular weight is 416 g/mol. The smallest absolute Gasteiger partial charge is 0.273 e. The van der Waals surface area contributed by atoms with Crippen LogP contribution < -0.4 is 10.6 Å². The molecule has 2 amide bonds. The van der Waals surface area contributed by atoms with E-state index < -0.39 is 23.2 Å². The van der Waals surface area contributed by atoms with Crippen molar-refractivity contribution in [2.24, 2.45) is 5.41 Å². The van der Waals surface area contributed by atoms with E-state index in [-0.39, 0.29) is 29.3 Å². The predicted molar refractivity (Wildman–Crippen MR) is 111 cm³/mol. The lowest BCUT2D eigenvalue weighted by atomic mass is 9.86. The molecule has 0 bridgehead atoms. The molecule has 1 saturated carbocycles. The normalized spacial score (nSPS) is 20.3. The highest BCUT2D eigenvalue weighted by atomic mass is 19.1. The second-order valence-corrected chi connectivity index (χ2v) is 9.36. The van der Waals surface area contributed by atoms with Gasteiger partial charge in [-0.3, -0.25) is 14.3 Å². The maximum atomic E-state index is 14.6. The van der Waals surface area contributed by atoms with Crippen LogP contribution in [-0.4, -0.2) is 46.4 Å². The topological polar surface area (TPSA) is 85.2 Å². The van der Waals surface area contributed by atoms with Crippen LogP contribution in [-0.2, 0) is 16.1 Å². The Kier molecular flexibility index (Phi) is 5.53. The van der Waals surface area contributed by atoms with Gasteiger partial charge in [-0.15, -0.1) is 0 Å². The maximum absolute atomic E-state index is 14.6. The molecule has 2 unspecified atom stereocenters. The van der Waals surface area contributed by atoms with Crippen molar-refractivity contribution in [2.75, 3.05) is 6.61 Å². The lowest BCUT2D eigenvalue weighted by molar-refractivity contribution is -0.125. The van der Waals surface area contributed by atoms with Crippen molar-refractivity contribution in [1.82, 2.24) is 20.4 Å². The first-order valence-electron chi connectivity index (χ1n) is 10.6. The lowest BCUT2D eigenvalue weighted by Gasteiger charge is -2.30. The fraction of sp³-hybridized carbons (Fsp3) is 0.591. The number of nitrogens with zero attached hydrogens (tertiary/aromatic N) is 2. The van der Waals surface area contributed by atoms with Gasteiger partial charge in [-0.2, -0.15) is 5.10 Å². The Bertz CT molecular complexity index is 955. The second kappa shape index (κ2) is 7.98. The zero-order chi connectivity index (χ0) is 21.5. The van der Waals surface area contributed by atoms with Gasteiger partial charge in [0.1, 0.15) is 17.4 Å². The molecule has 0 radical (unpaired) electrons. The summed E-state index contributed by atoms with van der Waals surface area (Å²) in [5.41, 5.74) is -0.0838. The van der Waals surface area contributed by atoms with E-state index in [1.807, 2.05) is 20.8 Å². The van der Waals surface area contributed by atoms with Gasteiger partial charge < -0.3 is 15.4 Å². The Balaban J connectivity index is 1.63. The fourth-order valence-electron chi connectivity index (χ4n) is 3.86. The predicted octanol–water partition coefficient (Wildman–Crippen LogP) is 2.78. The number of nitrogens with one attached hydrogen (secondary N) is 2. The summed E-state index contributed by atoms with van der Waals surface area (Å²) in [7, 11) is 0. The molecule has 162 valence electrons. The highest BCUT2D eigenvalue weighted by Crippen LogP contribution is 2.26. The SMILES string of the molecule is CC(C)(C)C(NC(=O)c1nn(CC2CCCO2)c2c(F)cccc12)C(=O)NC1CC1. The first-order valence-corrected chi connectivity index (χ1v) is 10.6. The van der Waals surface area contributed by atoms with Crippen LogP contribution in [0.2, 0.25) is 0 Å². The number of carbonyl (C=O) groups is 2. The van der Waals surface area contributed by atoms with Crippen molar-refractivity contribution in [2.45, 2.75) is 71.2 Å². The van der Waals surface area contributed by atoms with Gasteiger partial charge in [0.2, 0.25) is 5.91 Å². The van der Waals surface area contributed by atoms with Crippen LogP contribution in [0.25, 0.3) is 10.9 Å². The number of carbonyl (C=O) groups excluding carboxylic acids is 2. The van der Waals surface area contributed by atoms with Crippen molar-refractivity contribution >= 4 is 22.7 Å². The van der Waals surface area contributed by atoms with Crippen LogP contribution in [0.3, 0.4) is 0 Å². The maximum Gasteiger partial charge on any atom is 0.273 e. The molecule has 2 atom stereocenters. The van der Waals surface area contributed by atoms with Crippen LogP contribution >= 0.6 is 0 Å². The van der Waals surface area contributed by atoms with Crippen LogP contribution in [0.5, 0.6) is 0 Å². The highest BCUT2D eigenvalue weighted by molar-refractivity contribution is 6.06. The first kappa shape index (κ1) is 20.8. The summed E-state index contributed by atoms with van der Waals surface area (Å²) in [6, 6.07) is 4.08. The minimum Gasteiger partial charge on any atom is -0.376 e. The standard InChI is InChI=1S/C22H29FN4O3/c1-22(2,3)19(21(29)24-13-9-10-13)25-20(28)17-15-7-4-8-16(23)18(15)27(26-17)12-14-6-5-11-30-14/h4,7-8,13-14,19H,5-6,9-12H2,1-3H3,(H,24,29)(H,25,28). The minimum atomic E-state index is -0.725. The molecular weight excluding hydrogens is 387 g/mol. The molecule has 2 heterocycles.